The molecule has 0 bridgehead atoms. The molecule has 0 saturated carbocycles. The first-order valence-corrected chi connectivity index (χ1v) is 6.30. The minimum atomic E-state index is 0.455. The van der Waals surface area contributed by atoms with Gasteiger partial charge in [0.05, 0.1) is 18.1 Å². The Kier molecular flexibility index (Phi) is 3.38. The van der Waals surface area contributed by atoms with Gasteiger partial charge in [0.15, 0.2) is 0 Å². The summed E-state index contributed by atoms with van der Waals surface area (Å²) in [5.74, 6) is 2.39. The SMILES string of the molecule is Cn1cc(Nc2cc(Oc3ccc(N)nc3)ccn2)cn1. The van der Waals surface area contributed by atoms with Crippen molar-refractivity contribution in [1.82, 2.24) is 19.7 Å². The first kappa shape index (κ1) is 12.9. The Hall–Kier alpha value is -3.09. The molecule has 7 heteroatoms. The highest BCUT2D eigenvalue weighted by Crippen LogP contribution is 2.24. The van der Waals surface area contributed by atoms with E-state index in [1.54, 1.807) is 47.5 Å². The van der Waals surface area contributed by atoms with Crippen LogP contribution in [0.4, 0.5) is 17.3 Å². The maximum Gasteiger partial charge on any atom is 0.145 e. The van der Waals surface area contributed by atoms with Crippen LogP contribution in [0.25, 0.3) is 0 Å². The van der Waals surface area contributed by atoms with Gasteiger partial charge in [-0.2, -0.15) is 5.10 Å². The molecule has 0 aliphatic rings. The summed E-state index contributed by atoms with van der Waals surface area (Å²) in [7, 11) is 1.85. The van der Waals surface area contributed by atoms with Gasteiger partial charge in [-0.3, -0.25) is 4.68 Å². The average molecular weight is 282 g/mol. The first-order chi connectivity index (χ1) is 10.2. The van der Waals surface area contributed by atoms with Gasteiger partial charge in [-0.1, -0.05) is 0 Å². The molecule has 3 rings (SSSR count). The minimum Gasteiger partial charge on any atom is -0.456 e. The molecule has 0 aliphatic heterocycles. The fraction of sp³-hybridized carbons (Fsp3) is 0.0714. The zero-order valence-electron chi connectivity index (χ0n) is 11.4. The highest BCUT2D eigenvalue weighted by Gasteiger charge is 2.02. The van der Waals surface area contributed by atoms with Gasteiger partial charge in [0.1, 0.15) is 23.1 Å². The molecule has 0 atom stereocenters. The zero-order valence-corrected chi connectivity index (χ0v) is 11.4. The Bertz CT molecular complexity index is 737. The predicted molar refractivity (Wildman–Crippen MR) is 79.5 cm³/mol. The van der Waals surface area contributed by atoms with Gasteiger partial charge in [-0.15, -0.1) is 0 Å². The van der Waals surface area contributed by atoms with Gasteiger partial charge in [-0.05, 0) is 18.2 Å². The largest absolute Gasteiger partial charge is 0.456 e. The lowest BCUT2D eigenvalue weighted by Gasteiger charge is -2.07. The second kappa shape index (κ2) is 5.49. The lowest BCUT2D eigenvalue weighted by Crippen LogP contribution is -1.94. The number of ether oxygens (including phenoxy) is 1. The Labute approximate surface area is 121 Å². The normalized spacial score (nSPS) is 10.3. The molecule has 3 aromatic heterocycles. The number of nitrogens with two attached hydrogens (primary N) is 1. The molecule has 3 heterocycles. The van der Waals surface area contributed by atoms with E-state index in [2.05, 4.69) is 20.4 Å². The number of hydrogen-bond donors (Lipinski definition) is 2. The monoisotopic (exact) mass is 282 g/mol. The lowest BCUT2D eigenvalue weighted by atomic mass is 10.4. The highest BCUT2D eigenvalue weighted by molar-refractivity contribution is 5.55. The lowest BCUT2D eigenvalue weighted by molar-refractivity contribution is 0.480. The van der Waals surface area contributed by atoms with Crippen LogP contribution in [0, 0.1) is 0 Å². The van der Waals surface area contributed by atoms with E-state index in [-0.39, 0.29) is 0 Å². The first-order valence-electron chi connectivity index (χ1n) is 6.30. The van der Waals surface area contributed by atoms with Crippen LogP contribution < -0.4 is 15.8 Å². The number of nitrogens with zero attached hydrogens (tertiary/aromatic N) is 4. The molecule has 3 aromatic rings. The van der Waals surface area contributed by atoms with Crippen LogP contribution >= 0.6 is 0 Å². The van der Waals surface area contributed by atoms with E-state index in [1.165, 1.54) is 0 Å². The quantitative estimate of drug-likeness (QED) is 0.763. The number of nitrogens with one attached hydrogen (secondary N) is 1. The minimum absolute atomic E-state index is 0.455. The molecule has 21 heavy (non-hydrogen) atoms. The molecule has 0 fully saturated rings. The molecule has 0 unspecified atom stereocenters. The summed E-state index contributed by atoms with van der Waals surface area (Å²) in [6, 6.07) is 7.01. The van der Waals surface area contributed by atoms with E-state index >= 15 is 0 Å². The summed E-state index contributed by atoms with van der Waals surface area (Å²) >= 11 is 0. The van der Waals surface area contributed by atoms with E-state index < -0.39 is 0 Å². The number of anilines is 3. The number of nitrogen functional groups attached to an aromatic ring is 1. The van der Waals surface area contributed by atoms with Crippen LogP contribution in [-0.4, -0.2) is 19.7 Å². The van der Waals surface area contributed by atoms with Crippen molar-refractivity contribution in [3.8, 4) is 11.5 Å². The topological polar surface area (TPSA) is 90.9 Å². The highest BCUT2D eigenvalue weighted by atomic mass is 16.5. The molecule has 106 valence electrons. The zero-order chi connectivity index (χ0) is 14.7. The van der Waals surface area contributed by atoms with Crippen molar-refractivity contribution in [1.29, 1.82) is 0 Å². The van der Waals surface area contributed by atoms with Gasteiger partial charge in [0.25, 0.3) is 0 Å². The smallest absolute Gasteiger partial charge is 0.145 e. The predicted octanol–water partition coefficient (Wildman–Crippen LogP) is 2.33. The molecular weight excluding hydrogens is 268 g/mol. The second-order valence-electron chi connectivity index (χ2n) is 4.43. The number of aromatic nitrogens is 4. The molecule has 0 spiro atoms. The Balaban J connectivity index is 1.75. The summed E-state index contributed by atoms with van der Waals surface area (Å²) in [5.41, 5.74) is 6.40. The average Bonchev–Trinajstić information content (AvgIpc) is 2.87. The fourth-order valence-corrected chi connectivity index (χ4v) is 1.76. The van der Waals surface area contributed by atoms with Gasteiger partial charge in [-0.25, -0.2) is 9.97 Å². The van der Waals surface area contributed by atoms with E-state index in [4.69, 9.17) is 10.5 Å². The van der Waals surface area contributed by atoms with Crippen molar-refractivity contribution in [2.24, 2.45) is 7.05 Å². The summed E-state index contributed by atoms with van der Waals surface area (Å²) in [6.07, 6.45) is 6.82. The molecule has 0 aliphatic carbocycles. The van der Waals surface area contributed by atoms with Crippen molar-refractivity contribution in [2.45, 2.75) is 0 Å². The van der Waals surface area contributed by atoms with E-state index in [9.17, 15) is 0 Å². The second-order valence-corrected chi connectivity index (χ2v) is 4.43. The number of hydrogen-bond acceptors (Lipinski definition) is 6. The van der Waals surface area contributed by atoms with E-state index in [0.717, 1.165) is 5.69 Å². The van der Waals surface area contributed by atoms with Crippen LogP contribution in [-0.2, 0) is 7.05 Å². The molecule has 0 radical (unpaired) electrons. The van der Waals surface area contributed by atoms with Crippen molar-refractivity contribution < 1.29 is 4.74 Å². The molecule has 0 amide bonds. The third-order valence-electron chi connectivity index (χ3n) is 2.70. The van der Waals surface area contributed by atoms with Crippen molar-refractivity contribution >= 4 is 17.3 Å². The molecular formula is C14H14N6O. The fourth-order valence-electron chi connectivity index (χ4n) is 1.76. The molecule has 3 N–H and O–H groups in total. The van der Waals surface area contributed by atoms with Crippen molar-refractivity contribution in [3.63, 3.8) is 0 Å². The number of rotatable bonds is 4. The number of aryl methyl sites for hydroxylation is 1. The van der Waals surface area contributed by atoms with Gasteiger partial charge >= 0.3 is 0 Å². The third kappa shape index (κ3) is 3.27. The van der Waals surface area contributed by atoms with E-state index in [1.807, 2.05) is 13.2 Å². The summed E-state index contributed by atoms with van der Waals surface area (Å²) < 4.78 is 7.41. The molecule has 7 nitrogen and oxygen atoms in total. The maximum absolute atomic E-state index is 5.70. The van der Waals surface area contributed by atoms with Crippen LogP contribution in [0.3, 0.4) is 0 Å². The Morgan fingerprint density at radius 3 is 2.76 bits per heavy atom. The van der Waals surface area contributed by atoms with Gasteiger partial charge in [0.2, 0.25) is 0 Å². The van der Waals surface area contributed by atoms with Gasteiger partial charge in [0, 0.05) is 25.5 Å². The molecule has 0 aromatic carbocycles. The van der Waals surface area contributed by atoms with Crippen molar-refractivity contribution in [2.75, 3.05) is 11.1 Å². The summed E-state index contributed by atoms with van der Waals surface area (Å²) in [6.45, 7) is 0. The van der Waals surface area contributed by atoms with Crippen LogP contribution in [0.15, 0.2) is 49.1 Å². The maximum atomic E-state index is 5.70. The third-order valence-corrected chi connectivity index (χ3v) is 2.70. The van der Waals surface area contributed by atoms with Crippen LogP contribution in [0.2, 0.25) is 0 Å². The Morgan fingerprint density at radius 2 is 2.05 bits per heavy atom. The van der Waals surface area contributed by atoms with Crippen LogP contribution in [0.5, 0.6) is 11.5 Å². The summed E-state index contributed by atoms with van der Waals surface area (Å²) in [4.78, 5) is 8.21. The van der Waals surface area contributed by atoms with E-state index in [0.29, 0.717) is 23.1 Å². The van der Waals surface area contributed by atoms with Crippen LogP contribution in [0.1, 0.15) is 0 Å². The Morgan fingerprint density at radius 1 is 1.14 bits per heavy atom. The molecule has 0 saturated heterocycles. The van der Waals surface area contributed by atoms with Gasteiger partial charge < -0.3 is 15.8 Å². The summed E-state index contributed by atoms with van der Waals surface area (Å²) in [5, 5.41) is 7.24. The van der Waals surface area contributed by atoms with Crippen molar-refractivity contribution in [3.05, 3.63) is 49.1 Å². The standard InChI is InChI=1S/C14H14N6O/c1-20-9-10(7-18-20)19-14-6-11(4-5-16-14)21-12-2-3-13(15)17-8-12/h2-9H,1H3,(H2,15,17)(H,16,19). The number of pyridine rings is 2.